The lowest BCUT2D eigenvalue weighted by atomic mass is 9.66. The first-order valence-electron chi connectivity index (χ1n) is 19.6. The van der Waals surface area contributed by atoms with E-state index in [1.807, 2.05) is 13.0 Å². The molecule has 0 saturated heterocycles. The van der Waals surface area contributed by atoms with Gasteiger partial charge < -0.3 is 10.7 Å². The van der Waals surface area contributed by atoms with Crippen molar-refractivity contribution < 1.29 is 0 Å². The molecule has 4 nitrogen and oxygen atoms in total. The number of benzene rings is 6. The highest BCUT2D eigenvalue weighted by Gasteiger charge is 2.47. The fourth-order valence-corrected chi connectivity index (χ4v) is 9.82. The molecular weight excluding hydrogens is 681 g/mol. The number of nitrogens with zero attached hydrogens (tertiary/aromatic N) is 2. The van der Waals surface area contributed by atoms with E-state index < -0.39 is 5.41 Å². The Morgan fingerprint density at radius 1 is 0.643 bits per heavy atom. The molecule has 3 N–H and O–H groups in total. The molecule has 3 heterocycles. The highest BCUT2D eigenvalue weighted by molar-refractivity contribution is 6.10. The number of allylic oxidation sites excluding steroid dienone is 5. The molecule has 0 saturated carbocycles. The Hall–Kier alpha value is -7.04. The van der Waals surface area contributed by atoms with Crippen LogP contribution in [0, 0.1) is 0 Å². The second-order valence-electron chi connectivity index (χ2n) is 15.1. The summed E-state index contributed by atoms with van der Waals surface area (Å²) in [6.07, 6.45) is 13.1. The third-order valence-corrected chi connectivity index (χ3v) is 12.2. The number of nitrogen functional groups attached to an aromatic ring is 1. The first-order valence-corrected chi connectivity index (χ1v) is 19.6. The van der Waals surface area contributed by atoms with E-state index in [9.17, 15) is 0 Å². The van der Waals surface area contributed by atoms with Crippen molar-refractivity contribution >= 4 is 50.3 Å². The van der Waals surface area contributed by atoms with E-state index in [4.69, 9.17) is 5.73 Å². The maximum atomic E-state index is 6.75. The van der Waals surface area contributed by atoms with Crippen molar-refractivity contribution in [3.8, 4) is 22.5 Å². The van der Waals surface area contributed by atoms with Crippen molar-refractivity contribution in [3.63, 3.8) is 0 Å². The number of hydrogen-bond donors (Lipinski definition) is 2. The van der Waals surface area contributed by atoms with Gasteiger partial charge in [-0.25, -0.2) is 0 Å². The number of aromatic amines is 1. The Balaban J connectivity index is 1.03. The van der Waals surface area contributed by atoms with Crippen LogP contribution in [0.4, 0.5) is 5.82 Å². The van der Waals surface area contributed by atoms with Crippen molar-refractivity contribution in [3.05, 3.63) is 209 Å². The molecule has 11 rings (SSSR count). The van der Waals surface area contributed by atoms with E-state index in [0.717, 1.165) is 57.7 Å². The molecule has 268 valence electrons. The SMILES string of the molecule is C/C=C\c1c(N)n(-c2ccc(-c3ccc(-n4c5cc6c(cc5c5cc[nH]c54)C(c4ccccc4)(c4ccccc4)C4=C6CCC=C4)cc3)cc2)c2ccccc12. The van der Waals surface area contributed by atoms with Gasteiger partial charge in [-0.2, -0.15) is 0 Å². The Morgan fingerprint density at radius 3 is 1.96 bits per heavy atom. The van der Waals surface area contributed by atoms with Crippen LogP contribution in [0.3, 0.4) is 0 Å². The molecule has 2 aliphatic rings. The van der Waals surface area contributed by atoms with Gasteiger partial charge in [0.1, 0.15) is 11.5 Å². The first kappa shape index (κ1) is 32.4. The smallest absolute Gasteiger partial charge is 0.123 e. The van der Waals surface area contributed by atoms with E-state index >= 15 is 0 Å². The molecule has 0 radical (unpaired) electrons. The molecule has 0 aliphatic heterocycles. The molecule has 0 spiro atoms. The van der Waals surface area contributed by atoms with Crippen LogP contribution in [0.5, 0.6) is 0 Å². The van der Waals surface area contributed by atoms with E-state index in [1.165, 1.54) is 55.3 Å². The number of anilines is 1. The van der Waals surface area contributed by atoms with Gasteiger partial charge in [0.15, 0.2) is 0 Å². The van der Waals surface area contributed by atoms with Gasteiger partial charge in [0.25, 0.3) is 0 Å². The van der Waals surface area contributed by atoms with Crippen molar-refractivity contribution in [2.75, 3.05) is 5.73 Å². The molecule has 0 unspecified atom stereocenters. The summed E-state index contributed by atoms with van der Waals surface area (Å²) in [6, 6.07) is 55.6. The zero-order chi connectivity index (χ0) is 37.4. The van der Waals surface area contributed by atoms with Gasteiger partial charge >= 0.3 is 0 Å². The zero-order valence-corrected chi connectivity index (χ0v) is 31.2. The highest BCUT2D eigenvalue weighted by Crippen LogP contribution is 2.58. The standard InChI is InChI=1S/C52H40N4/c1-2-13-42-41-19-10-12-21-48(41)55(50(42)53)38-26-22-34(23-27-38)35-24-28-39(29-25-35)56-49-33-44-40-18-9-11-20-46(40)52(36-14-5-3-6-15-36,37-16-7-4-8-17-37)47(44)32-45(49)43-30-31-54-51(43)56/h2-8,10-17,19-33,54H,9,18,53H2,1H3/b13-2-. The van der Waals surface area contributed by atoms with Crippen molar-refractivity contribution in [2.24, 2.45) is 0 Å². The van der Waals surface area contributed by atoms with Gasteiger partial charge in [-0.05, 0) is 113 Å². The normalized spacial score (nSPS) is 14.7. The van der Waals surface area contributed by atoms with E-state index in [-0.39, 0.29) is 0 Å². The van der Waals surface area contributed by atoms with Crippen LogP contribution in [0.25, 0.3) is 67.0 Å². The molecule has 0 bridgehead atoms. The van der Waals surface area contributed by atoms with Crippen molar-refractivity contribution in [1.82, 2.24) is 14.1 Å². The van der Waals surface area contributed by atoms with Crippen LogP contribution in [0.1, 0.15) is 47.6 Å². The first-order chi connectivity index (χ1) is 27.7. The van der Waals surface area contributed by atoms with Crippen LogP contribution >= 0.6 is 0 Å². The number of nitrogens with one attached hydrogen (secondary N) is 1. The second kappa shape index (κ2) is 12.5. The Kier molecular flexibility index (Phi) is 7.23. The van der Waals surface area contributed by atoms with E-state index in [0.29, 0.717) is 0 Å². The van der Waals surface area contributed by atoms with Crippen molar-refractivity contribution in [1.29, 1.82) is 0 Å². The third-order valence-electron chi connectivity index (χ3n) is 12.2. The molecule has 3 aromatic heterocycles. The average molecular weight is 721 g/mol. The summed E-state index contributed by atoms with van der Waals surface area (Å²) in [5.74, 6) is 0.750. The summed E-state index contributed by atoms with van der Waals surface area (Å²) in [4.78, 5) is 3.61. The molecule has 0 atom stereocenters. The highest BCUT2D eigenvalue weighted by atomic mass is 15.1. The Morgan fingerprint density at radius 2 is 1.29 bits per heavy atom. The summed E-state index contributed by atoms with van der Waals surface area (Å²) in [5.41, 5.74) is 23.5. The number of H-pyrrole nitrogens is 1. The summed E-state index contributed by atoms with van der Waals surface area (Å²) >= 11 is 0. The maximum Gasteiger partial charge on any atom is 0.123 e. The molecule has 4 heteroatoms. The number of para-hydroxylation sites is 1. The molecule has 2 aliphatic carbocycles. The third kappa shape index (κ3) is 4.53. The number of nitrogens with two attached hydrogens (primary N) is 1. The topological polar surface area (TPSA) is 51.7 Å². The van der Waals surface area contributed by atoms with Crippen LogP contribution in [0.15, 0.2) is 182 Å². The average Bonchev–Trinajstić information content (AvgIpc) is 4.00. The monoisotopic (exact) mass is 720 g/mol. The molecule has 6 aromatic carbocycles. The summed E-state index contributed by atoms with van der Waals surface area (Å²) < 4.78 is 4.56. The molecular formula is C52H40N4. The maximum absolute atomic E-state index is 6.75. The van der Waals surface area contributed by atoms with Gasteiger partial charge in [-0.1, -0.05) is 127 Å². The second-order valence-corrected chi connectivity index (χ2v) is 15.1. The van der Waals surface area contributed by atoms with E-state index in [2.05, 4.69) is 190 Å². The van der Waals surface area contributed by atoms with E-state index in [1.54, 1.807) is 0 Å². The quantitative estimate of drug-likeness (QED) is 0.177. The van der Waals surface area contributed by atoms with Gasteiger partial charge in [0.05, 0.1) is 16.4 Å². The lowest BCUT2D eigenvalue weighted by molar-refractivity contribution is 0.757. The lowest BCUT2D eigenvalue weighted by Gasteiger charge is -2.35. The summed E-state index contributed by atoms with van der Waals surface area (Å²) in [7, 11) is 0. The zero-order valence-electron chi connectivity index (χ0n) is 31.2. The largest absolute Gasteiger partial charge is 0.384 e. The molecule has 0 fully saturated rings. The van der Waals surface area contributed by atoms with Crippen LogP contribution in [-0.2, 0) is 5.41 Å². The fourth-order valence-electron chi connectivity index (χ4n) is 9.82. The summed E-state index contributed by atoms with van der Waals surface area (Å²) in [5, 5.41) is 3.64. The number of rotatable bonds is 6. The minimum Gasteiger partial charge on any atom is -0.384 e. The molecule has 9 aromatic rings. The van der Waals surface area contributed by atoms with Crippen LogP contribution in [0.2, 0.25) is 0 Å². The minimum absolute atomic E-state index is 0.394. The van der Waals surface area contributed by atoms with Gasteiger partial charge in [0, 0.05) is 39.3 Å². The summed E-state index contributed by atoms with van der Waals surface area (Å²) in [6.45, 7) is 2.03. The van der Waals surface area contributed by atoms with Crippen LogP contribution in [-0.4, -0.2) is 14.1 Å². The van der Waals surface area contributed by atoms with Gasteiger partial charge in [-0.15, -0.1) is 0 Å². The molecule has 56 heavy (non-hydrogen) atoms. The molecule has 0 amide bonds. The Labute approximate surface area is 326 Å². The predicted octanol–water partition coefficient (Wildman–Crippen LogP) is 12.8. The van der Waals surface area contributed by atoms with Gasteiger partial charge in [-0.3, -0.25) is 9.13 Å². The number of aromatic nitrogens is 3. The minimum atomic E-state index is -0.394. The number of hydrogen-bond acceptors (Lipinski definition) is 1. The Bertz CT molecular complexity index is 3020. The van der Waals surface area contributed by atoms with Gasteiger partial charge in [0.2, 0.25) is 0 Å². The lowest BCUT2D eigenvalue weighted by Crippen LogP contribution is -2.29. The van der Waals surface area contributed by atoms with Crippen LogP contribution < -0.4 is 5.73 Å². The number of fused-ring (bicyclic) bond motifs is 6. The van der Waals surface area contributed by atoms with Crippen molar-refractivity contribution in [2.45, 2.75) is 25.2 Å². The predicted molar refractivity (Wildman–Crippen MR) is 235 cm³/mol. The fraction of sp³-hybridized carbons (Fsp3) is 0.0769.